The molecule has 1 fully saturated rings. The number of carbonyl (C=O) groups is 2. The Morgan fingerprint density at radius 2 is 2.37 bits per heavy atom. The number of halogens is 2. The van der Waals surface area contributed by atoms with Crippen LogP contribution in [0.1, 0.15) is 12.7 Å². The van der Waals surface area contributed by atoms with Crippen molar-refractivity contribution in [1.82, 2.24) is 19.6 Å². The maximum absolute atomic E-state index is 12.6. The first kappa shape index (κ1) is 19.9. The van der Waals surface area contributed by atoms with Gasteiger partial charge in [0.2, 0.25) is 11.5 Å². The van der Waals surface area contributed by atoms with Gasteiger partial charge in [0.1, 0.15) is 22.5 Å². The van der Waals surface area contributed by atoms with Gasteiger partial charge in [-0.1, -0.05) is 28.4 Å². The van der Waals surface area contributed by atoms with Gasteiger partial charge in [-0.05, 0) is 18.6 Å². The first-order valence-electron chi connectivity index (χ1n) is 7.68. The fourth-order valence-electron chi connectivity index (χ4n) is 2.40. The largest absolute Gasteiger partial charge is 0.395 e. The van der Waals surface area contributed by atoms with Crippen LogP contribution in [0.15, 0.2) is 27.5 Å². The molecule has 3 heterocycles. The summed E-state index contributed by atoms with van der Waals surface area (Å²) in [7, 11) is 0. The van der Waals surface area contributed by atoms with Crippen LogP contribution in [-0.2, 0) is 14.4 Å². The molecule has 3 N–H and O–H groups in total. The molecule has 1 unspecified atom stereocenters. The van der Waals surface area contributed by atoms with Gasteiger partial charge in [-0.3, -0.25) is 9.59 Å². The Kier molecular flexibility index (Phi) is 6.25. The average molecular weight is 449 g/mol. The van der Waals surface area contributed by atoms with Crippen LogP contribution in [0.2, 0.25) is 0 Å². The second-order valence-electron chi connectivity index (χ2n) is 5.35. The number of hydrogen-bond donors (Lipinski definition) is 2. The van der Waals surface area contributed by atoms with E-state index in [1.165, 1.54) is 16.7 Å². The SMILES string of the molecule is CCON=C(C(=O)NC1C(=O)N2C=C(C=C(Cl)Cl)CS[C@@H]12)c1nsc(N)n1. The fourth-order valence-corrected chi connectivity index (χ4v) is 4.34. The van der Waals surface area contributed by atoms with Crippen molar-refractivity contribution < 1.29 is 14.4 Å². The van der Waals surface area contributed by atoms with E-state index in [4.69, 9.17) is 33.8 Å². The second-order valence-corrected chi connectivity index (χ2v) is 8.25. The summed E-state index contributed by atoms with van der Waals surface area (Å²) in [6.45, 7) is 1.98. The summed E-state index contributed by atoms with van der Waals surface area (Å²) in [6.07, 6.45) is 3.26. The summed E-state index contributed by atoms with van der Waals surface area (Å²) in [4.78, 5) is 35.4. The molecule has 9 nitrogen and oxygen atoms in total. The number of carbonyl (C=O) groups excluding carboxylic acids is 2. The number of allylic oxidation sites excluding steroid dienone is 1. The molecule has 0 aliphatic carbocycles. The number of thioether (sulfide) groups is 1. The van der Waals surface area contributed by atoms with Crippen LogP contribution in [0.3, 0.4) is 0 Å². The lowest BCUT2D eigenvalue weighted by Crippen LogP contribution is -2.69. The Bertz CT molecular complexity index is 852. The van der Waals surface area contributed by atoms with E-state index < -0.39 is 11.9 Å². The van der Waals surface area contributed by atoms with Crippen molar-refractivity contribution in [1.29, 1.82) is 0 Å². The van der Waals surface area contributed by atoms with Crippen LogP contribution in [0.4, 0.5) is 5.13 Å². The van der Waals surface area contributed by atoms with E-state index in [2.05, 4.69) is 19.8 Å². The van der Waals surface area contributed by atoms with Crippen molar-refractivity contribution in [2.45, 2.75) is 18.3 Å². The highest BCUT2D eigenvalue weighted by Gasteiger charge is 2.49. The number of fused-ring (bicyclic) bond motifs is 1. The number of hydrogen-bond acceptors (Lipinski definition) is 9. The summed E-state index contributed by atoms with van der Waals surface area (Å²) in [5, 5.41) is 6.39. The number of nitrogens with zero attached hydrogens (tertiary/aromatic N) is 4. The standard InChI is InChI=1S/C14H14Cl2N6O3S2/c1-2-25-20-8(10-19-14(17)27-21-10)11(23)18-9-12(24)22-4-6(3-7(15)16)5-26-13(9)22/h3-4,9,13H,2,5H2,1H3,(H,18,23)(H2,17,19,21)/t9?,13-/m0/s1. The number of anilines is 1. The van der Waals surface area contributed by atoms with E-state index in [1.54, 1.807) is 19.2 Å². The number of amides is 2. The molecule has 2 amide bonds. The Labute approximate surface area is 172 Å². The van der Waals surface area contributed by atoms with E-state index in [9.17, 15) is 9.59 Å². The zero-order valence-corrected chi connectivity index (χ0v) is 17.0. The molecule has 0 radical (unpaired) electrons. The Balaban J connectivity index is 1.72. The molecule has 2 aliphatic rings. The lowest BCUT2D eigenvalue weighted by atomic mass is 10.1. The van der Waals surface area contributed by atoms with Crippen molar-refractivity contribution in [3.63, 3.8) is 0 Å². The summed E-state index contributed by atoms with van der Waals surface area (Å²) in [5.74, 6) is -0.210. The van der Waals surface area contributed by atoms with Crippen LogP contribution in [0.5, 0.6) is 0 Å². The summed E-state index contributed by atoms with van der Waals surface area (Å²) in [5.41, 5.74) is 6.24. The molecule has 1 aromatic rings. The Morgan fingerprint density at radius 1 is 1.59 bits per heavy atom. The van der Waals surface area contributed by atoms with E-state index >= 15 is 0 Å². The number of β-lactam (4-membered cyclic amide) rings is 1. The van der Waals surface area contributed by atoms with Crippen molar-refractivity contribution in [3.8, 4) is 0 Å². The van der Waals surface area contributed by atoms with Gasteiger partial charge in [-0.25, -0.2) is 0 Å². The number of nitrogen functional groups attached to an aromatic ring is 1. The first-order chi connectivity index (χ1) is 12.9. The molecule has 1 saturated heterocycles. The van der Waals surface area contributed by atoms with E-state index in [1.807, 2.05) is 0 Å². The average Bonchev–Trinajstić information content (AvgIpc) is 3.05. The highest BCUT2D eigenvalue weighted by atomic mass is 35.5. The molecule has 13 heteroatoms. The predicted molar refractivity (Wildman–Crippen MR) is 105 cm³/mol. The first-order valence-corrected chi connectivity index (χ1v) is 10.3. The smallest absolute Gasteiger partial charge is 0.278 e. The van der Waals surface area contributed by atoms with Gasteiger partial charge in [0.25, 0.3) is 11.8 Å². The van der Waals surface area contributed by atoms with Gasteiger partial charge in [-0.15, -0.1) is 11.8 Å². The molecule has 27 heavy (non-hydrogen) atoms. The van der Waals surface area contributed by atoms with E-state index in [-0.39, 0.29) is 39.0 Å². The molecule has 2 atom stereocenters. The molecule has 0 saturated carbocycles. The molecular weight excluding hydrogens is 435 g/mol. The second kappa shape index (κ2) is 8.46. The van der Waals surface area contributed by atoms with Crippen molar-refractivity contribution in [2.75, 3.05) is 18.1 Å². The zero-order valence-electron chi connectivity index (χ0n) is 13.9. The van der Waals surface area contributed by atoms with Gasteiger partial charge in [0.05, 0.1) is 0 Å². The zero-order chi connectivity index (χ0) is 19.6. The van der Waals surface area contributed by atoms with E-state index in [0.29, 0.717) is 5.75 Å². The van der Waals surface area contributed by atoms with Crippen molar-refractivity contribution >= 4 is 69.2 Å². The maximum Gasteiger partial charge on any atom is 0.278 e. The lowest BCUT2D eigenvalue weighted by Gasteiger charge is -2.47. The topological polar surface area (TPSA) is 123 Å². The van der Waals surface area contributed by atoms with Gasteiger partial charge >= 0.3 is 0 Å². The van der Waals surface area contributed by atoms with Gasteiger partial charge in [-0.2, -0.15) is 9.36 Å². The third kappa shape index (κ3) is 4.37. The van der Waals surface area contributed by atoms with Crippen LogP contribution in [0.25, 0.3) is 0 Å². The highest BCUT2D eigenvalue weighted by molar-refractivity contribution is 8.00. The van der Waals surface area contributed by atoms with Crippen LogP contribution >= 0.6 is 46.5 Å². The predicted octanol–water partition coefficient (Wildman–Crippen LogP) is 1.46. The molecule has 1 aromatic heterocycles. The van der Waals surface area contributed by atoms with Gasteiger partial charge < -0.3 is 20.8 Å². The molecular formula is C14H14Cl2N6O3S2. The van der Waals surface area contributed by atoms with Crippen molar-refractivity contribution in [3.05, 3.63) is 28.2 Å². The van der Waals surface area contributed by atoms with Crippen LogP contribution < -0.4 is 11.1 Å². The lowest BCUT2D eigenvalue weighted by molar-refractivity contribution is -0.143. The third-order valence-corrected chi connectivity index (χ3v) is 5.64. The van der Waals surface area contributed by atoms with Crippen molar-refractivity contribution in [2.24, 2.45) is 5.16 Å². The Hall–Kier alpha value is -1.82. The molecule has 144 valence electrons. The van der Waals surface area contributed by atoms with E-state index in [0.717, 1.165) is 17.1 Å². The number of nitrogens with two attached hydrogens (primary N) is 1. The van der Waals surface area contributed by atoms with Crippen LogP contribution in [-0.4, -0.2) is 55.6 Å². The minimum Gasteiger partial charge on any atom is -0.395 e. The minimum absolute atomic E-state index is 0.0486. The maximum atomic E-state index is 12.6. The Morgan fingerprint density at radius 3 is 3.00 bits per heavy atom. The quantitative estimate of drug-likeness (QED) is 0.383. The number of aromatic nitrogens is 2. The number of nitrogens with one attached hydrogen (secondary N) is 1. The minimum atomic E-state index is -0.696. The number of oxime groups is 1. The summed E-state index contributed by atoms with van der Waals surface area (Å²) < 4.78 is 4.09. The van der Waals surface area contributed by atoms with Gasteiger partial charge in [0, 0.05) is 23.5 Å². The van der Waals surface area contributed by atoms with Crippen LogP contribution in [0, 0.1) is 0 Å². The molecule has 0 aromatic carbocycles. The fraction of sp³-hybridized carbons (Fsp3) is 0.357. The summed E-state index contributed by atoms with van der Waals surface area (Å²) in [6, 6.07) is -0.696. The molecule has 2 aliphatic heterocycles. The normalized spacial score (nSPS) is 21.7. The molecule has 0 bridgehead atoms. The molecule has 3 rings (SSSR count). The highest BCUT2D eigenvalue weighted by Crippen LogP contribution is 2.37. The third-order valence-electron chi connectivity index (χ3n) is 3.54. The number of rotatable bonds is 6. The van der Waals surface area contributed by atoms with Gasteiger partial charge in [0.15, 0.2) is 5.13 Å². The summed E-state index contributed by atoms with van der Waals surface area (Å²) >= 11 is 13.7. The molecule has 0 spiro atoms. The monoisotopic (exact) mass is 448 g/mol.